The maximum Gasteiger partial charge on any atom is 0.344 e. The van der Waals surface area contributed by atoms with Crippen LogP contribution in [0.3, 0.4) is 0 Å². The normalized spacial score (nSPS) is 11.2. The summed E-state index contributed by atoms with van der Waals surface area (Å²) in [6, 6.07) is 16.5. The number of hydrogen-bond donors (Lipinski definition) is 0. The molecule has 0 aliphatic heterocycles. The molecule has 7 heteroatoms. The van der Waals surface area contributed by atoms with E-state index in [2.05, 4.69) is 0 Å². The average molecular weight is 446 g/mol. The third-order valence-corrected chi connectivity index (χ3v) is 5.44. The summed E-state index contributed by atoms with van der Waals surface area (Å²) >= 11 is 0. The van der Waals surface area contributed by atoms with Crippen LogP contribution >= 0.6 is 0 Å². The number of halogens is 2. The molecular formula is C26H16F2O5. The molecule has 0 atom stereocenters. The maximum atomic E-state index is 13.9. The molecule has 0 unspecified atom stereocenters. The first-order chi connectivity index (χ1) is 15.9. The lowest BCUT2D eigenvalue weighted by molar-refractivity contribution is 0.297. The van der Waals surface area contributed by atoms with Gasteiger partial charge in [0, 0.05) is 39.6 Å². The van der Waals surface area contributed by atoms with Crippen LogP contribution in [0.5, 0.6) is 5.75 Å². The van der Waals surface area contributed by atoms with Crippen LogP contribution in [-0.2, 0) is 6.61 Å². The van der Waals surface area contributed by atoms with Crippen molar-refractivity contribution < 1.29 is 22.4 Å². The van der Waals surface area contributed by atoms with E-state index in [0.717, 1.165) is 12.1 Å². The van der Waals surface area contributed by atoms with Crippen molar-refractivity contribution in [1.82, 2.24) is 0 Å². The van der Waals surface area contributed by atoms with E-state index < -0.39 is 22.9 Å². The van der Waals surface area contributed by atoms with Crippen molar-refractivity contribution in [1.29, 1.82) is 0 Å². The maximum absolute atomic E-state index is 13.9. The monoisotopic (exact) mass is 446 g/mol. The Kier molecular flexibility index (Phi) is 5.01. The molecule has 2 aromatic heterocycles. The molecule has 0 saturated carbocycles. The smallest absolute Gasteiger partial charge is 0.344 e. The van der Waals surface area contributed by atoms with Crippen LogP contribution in [0.4, 0.5) is 8.78 Å². The highest BCUT2D eigenvalue weighted by atomic mass is 19.1. The van der Waals surface area contributed by atoms with Gasteiger partial charge in [-0.3, -0.25) is 0 Å². The van der Waals surface area contributed by atoms with Crippen molar-refractivity contribution in [2.24, 2.45) is 0 Å². The molecule has 0 saturated heterocycles. The number of hydrogen-bond acceptors (Lipinski definition) is 5. The summed E-state index contributed by atoms with van der Waals surface area (Å²) < 4.78 is 43.6. The fourth-order valence-electron chi connectivity index (χ4n) is 3.77. The van der Waals surface area contributed by atoms with Gasteiger partial charge in [0.2, 0.25) is 0 Å². The number of para-hydroxylation sites is 1. The van der Waals surface area contributed by atoms with Crippen molar-refractivity contribution in [2.45, 2.75) is 13.5 Å². The molecule has 5 aromatic rings. The summed E-state index contributed by atoms with van der Waals surface area (Å²) in [5, 5.41) is 1.24. The van der Waals surface area contributed by atoms with Crippen LogP contribution in [0.25, 0.3) is 33.1 Å². The summed E-state index contributed by atoms with van der Waals surface area (Å²) in [5.74, 6) is -1.03. The van der Waals surface area contributed by atoms with Crippen LogP contribution in [0, 0.1) is 18.6 Å². The van der Waals surface area contributed by atoms with Gasteiger partial charge in [-0.1, -0.05) is 18.2 Å². The number of aryl methyl sites for hydroxylation is 1. The molecule has 0 spiro atoms. The third kappa shape index (κ3) is 3.78. The zero-order valence-corrected chi connectivity index (χ0v) is 17.4. The van der Waals surface area contributed by atoms with Crippen molar-refractivity contribution in [3.05, 3.63) is 110 Å². The van der Waals surface area contributed by atoms with Gasteiger partial charge in [-0.25, -0.2) is 18.4 Å². The Morgan fingerprint density at radius 3 is 2.52 bits per heavy atom. The van der Waals surface area contributed by atoms with Gasteiger partial charge in [0.1, 0.15) is 35.2 Å². The van der Waals surface area contributed by atoms with E-state index in [1.165, 1.54) is 12.1 Å². The molecule has 0 N–H and O–H groups in total. The molecule has 0 bridgehead atoms. The highest BCUT2D eigenvalue weighted by Crippen LogP contribution is 2.33. The summed E-state index contributed by atoms with van der Waals surface area (Å²) in [6.45, 7) is 1.55. The second-order valence-electron chi connectivity index (χ2n) is 7.55. The number of ether oxygens (including phenoxy) is 1. The predicted octanol–water partition coefficient (Wildman–Crippen LogP) is 5.73. The Balaban J connectivity index is 1.60. The van der Waals surface area contributed by atoms with E-state index in [-0.39, 0.29) is 23.3 Å². The van der Waals surface area contributed by atoms with Crippen molar-refractivity contribution in [2.75, 3.05) is 0 Å². The molecule has 5 rings (SSSR count). The minimum absolute atomic E-state index is 0.142. The van der Waals surface area contributed by atoms with Gasteiger partial charge in [-0.2, -0.15) is 0 Å². The van der Waals surface area contributed by atoms with E-state index in [9.17, 15) is 18.4 Å². The summed E-state index contributed by atoms with van der Waals surface area (Å²) in [7, 11) is 0. The van der Waals surface area contributed by atoms with E-state index >= 15 is 0 Å². The van der Waals surface area contributed by atoms with Gasteiger partial charge in [-0.15, -0.1) is 0 Å². The summed E-state index contributed by atoms with van der Waals surface area (Å²) in [5.41, 5.74) is 0.743. The molecule has 5 nitrogen and oxygen atoms in total. The lowest BCUT2D eigenvalue weighted by Gasteiger charge is -2.13. The summed E-state index contributed by atoms with van der Waals surface area (Å²) in [4.78, 5) is 25.0. The molecule has 3 aromatic carbocycles. The Labute approximate surface area is 185 Å². The molecule has 33 heavy (non-hydrogen) atoms. The van der Waals surface area contributed by atoms with Gasteiger partial charge >= 0.3 is 11.3 Å². The number of rotatable bonds is 4. The van der Waals surface area contributed by atoms with Gasteiger partial charge in [-0.05, 0) is 43.3 Å². The lowest BCUT2D eigenvalue weighted by atomic mass is 10.0. The topological polar surface area (TPSA) is 69.7 Å². The van der Waals surface area contributed by atoms with Crippen molar-refractivity contribution in [3.8, 4) is 16.9 Å². The standard InChI is InChI=1S/C26H16F2O5/c1-14-22(31-13-16-6-7-17(27)11-21(16)28)9-8-18-19(12-24(29)33-25(14)18)20-10-15-4-2-3-5-23(15)32-26(20)30/h2-12H,13H2,1H3. The van der Waals surface area contributed by atoms with Crippen molar-refractivity contribution >= 4 is 21.9 Å². The second-order valence-corrected chi connectivity index (χ2v) is 7.55. The zero-order chi connectivity index (χ0) is 23.1. The Bertz CT molecular complexity index is 1650. The minimum Gasteiger partial charge on any atom is -0.488 e. The Hall–Kier alpha value is -4.26. The molecule has 0 fully saturated rings. The molecule has 0 radical (unpaired) electrons. The average Bonchev–Trinajstić information content (AvgIpc) is 2.79. The first-order valence-corrected chi connectivity index (χ1v) is 10.1. The van der Waals surface area contributed by atoms with Gasteiger partial charge in [0.25, 0.3) is 0 Å². The van der Waals surface area contributed by atoms with Crippen LogP contribution < -0.4 is 16.0 Å². The van der Waals surface area contributed by atoms with Gasteiger partial charge < -0.3 is 13.6 Å². The van der Waals surface area contributed by atoms with Crippen LogP contribution in [0.1, 0.15) is 11.1 Å². The van der Waals surface area contributed by atoms with Crippen molar-refractivity contribution in [3.63, 3.8) is 0 Å². The SMILES string of the molecule is Cc1c(OCc2ccc(F)cc2F)ccc2c(-c3cc4ccccc4oc3=O)cc(=O)oc12. The first-order valence-electron chi connectivity index (χ1n) is 10.1. The van der Waals surface area contributed by atoms with Crippen LogP contribution in [0.15, 0.2) is 85.2 Å². The predicted molar refractivity (Wildman–Crippen MR) is 119 cm³/mol. The minimum atomic E-state index is -0.717. The molecule has 0 aliphatic rings. The zero-order valence-electron chi connectivity index (χ0n) is 17.4. The van der Waals surface area contributed by atoms with E-state index in [0.29, 0.717) is 33.2 Å². The molecule has 164 valence electrons. The van der Waals surface area contributed by atoms with Gasteiger partial charge in [0.15, 0.2) is 0 Å². The Morgan fingerprint density at radius 2 is 1.70 bits per heavy atom. The largest absolute Gasteiger partial charge is 0.488 e. The van der Waals surface area contributed by atoms with Gasteiger partial charge in [0.05, 0.1) is 5.56 Å². The fraction of sp³-hybridized carbons (Fsp3) is 0.0769. The van der Waals surface area contributed by atoms with E-state index in [4.69, 9.17) is 13.6 Å². The first kappa shape index (κ1) is 20.6. The second kappa shape index (κ2) is 8.02. The number of fused-ring (bicyclic) bond motifs is 2. The molecule has 0 amide bonds. The van der Waals surface area contributed by atoms with Crippen LogP contribution in [0.2, 0.25) is 0 Å². The van der Waals surface area contributed by atoms with E-state index in [1.807, 2.05) is 6.07 Å². The highest BCUT2D eigenvalue weighted by molar-refractivity contribution is 5.96. The quantitative estimate of drug-likeness (QED) is 0.330. The fourth-order valence-corrected chi connectivity index (χ4v) is 3.77. The third-order valence-electron chi connectivity index (χ3n) is 5.44. The van der Waals surface area contributed by atoms with Crippen LogP contribution in [-0.4, -0.2) is 0 Å². The summed E-state index contributed by atoms with van der Waals surface area (Å²) in [6.07, 6.45) is 0. The Morgan fingerprint density at radius 1 is 0.879 bits per heavy atom. The lowest BCUT2D eigenvalue weighted by Crippen LogP contribution is -2.07. The van der Waals surface area contributed by atoms with E-state index in [1.54, 1.807) is 43.3 Å². The molecule has 0 aliphatic carbocycles. The highest BCUT2D eigenvalue weighted by Gasteiger charge is 2.17. The number of benzene rings is 3. The molecular weight excluding hydrogens is 430 g/mol. The molecule has 2 heterocycles.